The second-order valence-corrected chi connectivity index (χ2v) is 7.79. The number of sulfonamides is 1. The van der Waals surface area contributed by atoms with Crippen LogP contribution in [0.1, 0.15) is 12.6 Å². The van der Waals surface area contributed by atoms with Gasteiger partial charge in [0.05, 0.1) is 12.3 Å². The van der Waals surface area contributed by atoms with Crippen molar-refractivity contribution in [3.05, 3.63) is 47.7 Å². The maximum absolute atomic E-state index is 12.0. The van der Waals surface area contributed by atoms with E-state index in [1.54, 1.807) is 17.5 Å². The second kappa shape index (κ2) is 6.69. The number of imidazole rings is 1. The summed E-state index contributed by atoms with van der Waals surface area (Å²) in [6.07, 6.45) is 4.29. The van der Waals surface area contributed by atoms with Crippen molar-refractivity contribution in [2.45, 2.75) is 17.6 Å². The summed E-state index contributed by atoms with van der Waals surface area (Å²) < 4.78 is 34.4. The van der Waals surface area contributed by atoms with Gasteiger partial charge in [-0.2, -0.15) is 0 Å². The first-order valence-corrected chi connectivity index (χ1v) is 9.59. The molecule has 0 spiro atoms. The van der Waals surface area contributed by atoms with Gasteiger partial charge < -0.3 is 9.14 Å². The first-order valence-electron chi connectivity index (χ1n) is 7.22. The molecule has 3 heterocycles. The number of fused-ring (bicyclic) bond motifs is 1. The minimum absolute atomic E-state index is 0.300. The first-order chi connectivity index (χ1) is 11.1. The van der Waals surface area contributed by atoms with Crippen molar-refractivity contribution in [2.75, 3.05) is 13.2 Å². The summed E-state index contributed by atoms with van der Waals surface area (Å²) in [5.74, 6) is 0.723. The summed E-state index contributed by atoms with van der Waals surface area (Å²) in [6.45, 7) is 2.79. The zero-order valence-electron chi connectivity index (χ0n) is 12.6. The third kappa shape index (κ3) is 3.54. The zero-order valence-corrected chi connectivity index (χ0v) is 14.2. The summed E-state index contributed by atoms with van der Waals surface area (Å²) in [7, 11) is -3.42. The Morgan fingerprint density at radius 1 is 1.35 bits per heavy atom. The van der Waals surface area contributed by atoms with Crippen LogP contribution in [0.4, 0.5) is 0 Å². The standard InChI is InChI=1S/C15H17N3O3S2/c1-2-21-13-5-3-9-18-11-12(17-15(13)18)7-8-16-23(19,20)14-6-4-10-22-14/h3-6,9-11,16H,2,7-8H2,1H3. The lowest BCUT2D eigenvalue weighted by Crippen LogP contribution is -2.25. The van der Waals surface area contributed by atoms with Crippen molar-refractivity contribution in [3.8, 4) is 5.75 Å². The Morgan fingerprint density at radius 3 is 2.96 bits per heavy atom. The van der Waals surface area contributed by atoms with Crippen molar-refractivity contribution < 1.29 is 13.2 Å². The van der Waals surface area contributed by atoms with Crippen LogP contribution in [-0.2, 0) is 16.4 Å². The molecule has 6 nitrogen and oxygen atoms in total. The molecule has 0 unspecified atom stereocenters. The molecule has 3 aromatic heterocycles. The molecule has 23 heavy (non-hydrogen) atoms. The number of nitrogens with zero attached hydrogens (tertiary/aromatic N) is 2. The summed E-state index contributed by atoms with van der Waals surface area (Å²) in [6, 6.07) is 7.07. The van der Waals surface area contributed by atoms with Gasteiger partial charge in [0.15, 0.2) is 11.4 Å². The van der Waals surface area contributed by atoms with Crippen LogP contribution < -0.4 is 9.46 Å². The van der Waals surface area contributed by atoms with E-state index < -0.39 is 10.0 Å². The van der Waals surface area contributed by atoms with Crippen LogP contribution >= 0.6 is 11.3 Å². The molecule has 0 fully saturated rings. The number of rotatable bonds is 7. The van der Waals surface area contributed by atoms with Crippen molar-refractivity contribution >= 4 is 27.0 Å². The average Bonchev–Trinajstić information content (AvgIpc) is 3.17. The van der Waals surface area contributed by atoms with Gasteiger partial charge in [-0.15, -0.1) is 11.3 Å². The summed E-state index contributed by atoms with van der Waals surface area (Å²) in [4.78, 5) is 4.52. The van der Waals surface area contributed by atoms with Crippen molar-refractivity contribution in [3.63, 3.8) is 0 Å². The number of aromatic nitrogens is 2. The summed E-state index contributed by atoms with van der Waals surface area (Å²) in [5.41, 5.74) is 1.55. The van der Waals surface area contributed by atoms with Crippen LogP contribution in [-0.4, -0.2) is 31.0 Å². The maximum Gasteiger partial charge on any atom is 0.250 e. The molecule has 3 rings (SSSR count). The number of pyridine rings is 1. The molecular weight excluding hydrogens is 334 g/mol. The Bertz CT molecular complexity index is 886. The van der Waals surface area contributed by atoms with E-state index in [9.17, 15) is 8.42 Å². The Balaban J connectivity index is 1.69. The van der Waals surface area contributed by atoms with Crippen LogP contribution in [0.3, 0.4) is 0 Å². The van der Waals surface area contributed by atoms with Gasteiger partial charge in [0, 0.05) is 25.4 Å². The van der Waals surface area contributed by atoms with E-state index in [1.807, 2.05) is 35.9 Å². The van der Waals surface area contributed by atoms with Crippen molar-refractivity contribution in [2.24, 2.45) is 0 Å². The molecular formula is C15H17N3O3S2. The third-order valence-corrected chi connectivity index (χ3v) is 6.09. The van der Waals surface area contributed by atoms with E-state index in [-0.39, 0.29) is 0 Å². The van der Waals surface area contributed by atoms with Crippen LogP contribution in [0.5, 0.6) is 5.75 Å². The lowest BCUT2D eigenvalue weighted by molar-refractivity contribution is 0.342. The van der Waals surface area contributed by atoms with Crippen molar-refractivity contribution in [1.82, 2.24) is 14.1 Å². The molecule has 0 aliphatic heterocycles. The van der Waals surface area contributed by atoms with Gasteiger partial charge >= 0.3 is 0 Å². The molecule has 1 N–H and O–H groups in total. The number of hydrogen-bond acceptors (Lipinski definition) is 5. The quantitative estimate of drug-likeness (QED) is 0.709. The second-order valence-electron chi connectivity index (χ2n) is 4.85. The van der Waals surface area contributed by atoms with Gasteiger partial charge in [0.1, 0.15) is 4.21 Å². The molecule has 0 atom stereocenters. The highest BCUT2D eigenvalue weighted by Crippen LogP contribution is 2.19. The number of thiophene rings is 1. The van der Waals surface area contributed by atoms with Gasteiger partial charge in [0.25, 0.3) is 0 Å². The molecule has 8 heteroatoms. The lowest BCUT2D eigenvalue weighted by atomic mass is 10.3. The smallest absolute Gasteiger partial charge is 0.250 e. The molecule has 0 aliphatic carbocycles. The van der Waals surface area contributed by atoms with Gasteiger partial charge in [-0.05, 0) is 30.5 Å². The monoisotopic (exact) mass is 351 g/mol. The number of nitrogens with one attached hydrogen (secondary N) is 1. The van der Waals surface area contributed by atoms with Crippen LogP contribution in [0.25, 0.3) is 5.65 Å². The van der Waals surface area contributed by atoms with E-state index in [0.717, 1.165) is 17.1 Å². The van der Waals surface area contributed by atoms with Crippen LogP contribution in [0.2, 0.25) is 0 Å². The number of hydrogen-bond donors (Lipinski definition) is 1. The fraction of sp³-hybridized carbons (Fsp3) is 0.267. The topological polar surface area (TPSA) is 72.7 Å². The molecule has 122 valence electrons. The normalized spacial score (nSPS) is 11.9. The van der Waals surface area contributed by atoms with Gasteiger partial charge in [-0.3, -0.25) is 0 Å². The SMILES string of the molecule is CCOc1cccn2cc(CCNS(=O)(=O)c3cccs3)nc12. The largest absolute Gasteiger partial charge is 0.490 e. The highest BCUT2D eigenvalue weighted by atomic mass is 32.2. The minimum atomic E-state index is -3.42. The predicted molar refractivity (Wildman–Crippen MR) is 89.6 cm³/mol. The fourth-order valence-electron chi connectivity index (χ4n) is 2.23. The van der Waals surface area contributed by atoms with E-state index >= 15 is 0 Å². The van der Waals surface area contributed by atoms with Gasteiger partial charge in [-0.1, -0.05) is 6.07 Å². The average molecular weight is 351 g/mol. The molecule has 0 saturated heterocycles. The highest BCUT2D eigenvalue weighted by Gasteiger charge is 2.14. The maximum atomic E-state index is 12.0. The molecule has 0 aliphatic rings. The Labute approximate surface area is 138 Å². The fourth-order valence-corrected chi connectivity index (χ4v) is 4.30. The van der Waals surface area contributed by atoms with Crippen molar-refractivity contribution in [1.29, 1.82) is 0 Å². The van der Waals surface area contributed by atoms with E-state index in [4.69, 9.17) is 4.74 Å². The summed E-state index contributed by atoms with van der Waals surface area (Å²) in [5, 5.41) is 1.74. The molecule has 0 bridgehead atoms. The van der Waals surface area contributed by atoms with Gasteiger partial charge in [-0.25, -0.2) is 18.1 Å². The third-order valence-electron chi connectivity index (χ3n) is 3.23. The Morgan fingerprint density at radius 2 is 2.22 bits per heavy atom. The molecule has 0 amide bonds. The van der Waals surface area contributed by atoms with Gasteiger partial charge in [0.2, 0.25) is 10.0 Å². The van der Waals surface area contributed by atoms with E-state index in [0.29, 0.717) is 23.8 Å². The van der Waals surface area contributed by atoms with E-state index in [2.05, 4.69) is 9.71 Å². The lowest BCUT2D eigenvalue weighted by Gasteiger charge is -2.03. The first kappa shape index (κ1) is 16.0. The van der Waals surface area contributed by atoms with Crippen LogP contribution in [0.15, 0.2) is 46.2 Å². The molecule has 0 radical (unpaired) electrons. The van der Waals surface area contributed by atoms with E-state index in [1.165, 1.54) is 11.3 Å². The molecule has 0 saturated carbocycles. The molecule has 3 aromatic rings. The number of ether oxygens (including phenoxy) is 1. The highest BCUT2D eigenvalue weighted by molar-refractivity contribution is 7.91. The molecule has 0 aromatic carbocycles. The summed E-state index contributed by atoms with van der Waals surface area (Å²) >= 11 is 1.20. The predicted octanol–water partition coefficient (Wildman–Crippen LogP) is 2.32. The minimum Gasteiger partial charge on any atom is -0.490 e. The van der Waals surface area contributed by atoms with Crippen LogP contribution in [0, 0.1) is 0 Å². The Hall–Kier alpha value is -1.90. The Kier molecular flexibility index (Phi) is 4.65. The zero-order chi connectivity index (χ0) is 16.3.